The number of amides is 2. The van der Waals surface area contributed by atoms with Crippen LogP contribution >= 0.6 is 0 Å². The maximum Gasteiger partial charge on any atom is 0.329 e. The highest BCUT2D eigenvalue weighted by atomic mass is 16.5. The Bertz CT molecular complexity index is 729. The number of hydrogen-bond donors (Lipinski definition) is 2. The molecule has 25 heavy (non-hydrogen) atoms. The zero-order valence-corrected chi connectivity index (χ0v) is 14.8. The second-order valence-corrected chi connectivity index (χ2v) is 5.91. The molecule has 2 rings (SSSR count). The van der Waals surface area contributed by atoms with Crippen molar-refractivity contribution in [3.63, 3.8) is 0 Å². The van der Waals surface area contributed by atoms with Gasteiger partial charge in [0.1, 0.15) is 6.04 Å². The molecule has 2 aromatic rings. The Labute approximate surface area is 148 Å². The molecule has 2 aromatic carbocycles. The van der Waals surface area contributed by atoms with Crippen LogP contribution in [0.1, 0.15) is 23.6 Å². The van der Waals surface area contributed by atoms with Gasteiger partial charge in [-0.2, -0.15) is 0 Å². The number of aryl methyl sites for hydroxylation is 2. The van der Waals surface area contributed by atoms with E-state index in [0.29, 0.717) is 6.42 Å². The Hall–Kier alpha value is -2.82. The topological polar surface area (TPSA) is 67.4 Å². The predicted molar refractivity (Wildman–Crippen MR) is 98.6 cm³/mol. The number of ether oxygens (including phenoxy) is 1. The Morgan fingerprint density at radius 1 is 1.08 bits per heavy atom. The average Bonchev–Trinajstić information content (AvgIpc) is 2.58. The van der Waals surface area contributed by atoms with Crippen molar-refractivity contribution < 1.29 is 14.3 Å². The summed E-state index contributed by atoms with van der Waals surface area (Å²) in [4.78, 5) is 24.5. The number of carbonyl (C=O) groups is 2. The van der Waals surface area contributed by atoms with Gasteiger partial charge in [-0.05, 0) is 43.5 Å². The van der Waals surface area contributed by atoms with Gasteiger partial charge in [0.05, 0.1) is 6.61 Å². The summed E-state index contributed by atoms with van der Waals surface area (Å²) in [6.45, 7) is 5.89. The van der Waals surface area contributed by atoms with Crippen molar-refractivity contribution in [1.29, 1.82) is 0 Å². The largest absolute Gasteiger partial charge is 0.464 e. The summed E-state index contributed by atoms with van der Waals surface area (Å²) < 4.78 is 5.09. The molecule has 1 unspecified atom stereocenters. The minimum absolute atomic E-state index is 0.268. The van der Waals surface area contributed by atoms with Gasteiger partial charge in [0.15, 0.2) is 0 Å². The van der Waals surface area contributed by atoms with E-state index in [-0.39, 0.29) is 6.61 Å². The van der Waals surface area contributed by atoms with Crippen LogP contribution in [-0.4, -0.2) is 24.6 Å². The molecule has 0 heterocycles. The van der Waals surface area contributed by atoms with Crippen molar-refractivity contribution in [2.75, 3.05) is 11.9 Å². The average molecular weight is 340 g/mol. The number of urea groups is 1. The third kappa shape index (κ3) is 5.64. The number of anilines is 1. The first kappa shape index (κ1) is 18.5. The highest BCUT2D eigenvalue weighted by molar-refractivity contribution is 5.93. The highest BCUT2D eigenvalue weighted by Gasteiger charge is 2.22. The number of carbonyl (C=O) groups excluding carboxylic acids is 2. The molecule has 0 aromatic heterocycles. The molecule has 0 bridgehead atoms. The molecular formula is C20H24N2O3. The van der Waals surface area contributed by atoms with Crippen LogP contribution in [-0.2, 0) is 16.0 Å². The summed E-state index contributed by atoms with van der Waals surface area (Å²) >= 11 is 0. The molecule has 0 fully saturated rings. The normalized spacial score (nSPS) is 11.5. The Balaban J connectivity index is 2.08. The summed E-state index contributed by atoms with van der Waals surface area (Å²) in [6, 6.07) is 14.2. The maximum absolute atomic E-state index is 12.4. The molecule has 0 saturated heterocycles. The lowest BCUT2D eigenvalue weighted by molar-refractivity contribution is -0.145. The Morgan fingerprint density at radius 3 is 2.48 bits per heavy atom. The van der Waals surface area contributed by atoms with Gasteiger partial charge in [-0.15, -0.1) is 0 Å². The van der Waals surface area contributed by atoms with Crippen LogP contribution in [0.25, 0.3) is 0 Å². The lowest BCUT2D eigenvalue weighted by Crippen LogP contribution is -2.45. The van der Waals surface area contributed by atoms with E-state index < -0.39 is 18.0 Å². The van der Waals surface area contributed by atoms with Crippen molar-refractivity contribution in [1.82, 2.24) is 5.32 Å². The number of nitrogens with one attached hydrogen (secondary N) is 2. The summed E-state index contributed by atoms with van der Waals surface area (Å²) in [7, 11) is 0. The fourth-order valence-corrected chi connectivity index (χ4v) is 2.47. The van der Waals surface area contributed by atoms with Crippen LogP contribution in [0.4, 0.5) is 10.5 Å². The van der Waals surface area contributed by atoms with Crippen LogP contribution in [0.5, 0.6) is 0 Å². The van der Waals surface area contributed by atoms with E-state index in [9.17, 15) is 9.59 Å². The molecule has 132 valence electrons. The van der Waals surface area contributed by atoms with E-state index in [0.717, 1.165) is 22.4 Å². The molecule has 5 nitrogen and oxygen atoms in total. The molecule has 2 N–H and O–H groups in total. The van der Waals surface area contributed by atoms with Crippen molar-refractivity contribution in [3.8, 4) is 0 Å². The van der Waals surface area contributed by atoms with E-state index in [4.69, 9.17) is 4.74 Å². The third-order valence-electron chi connectivity index (χ3n) is 3.80. The maximum atomic E-state index is 12.4. The van der Waals surface area contributed by atoms with E-state index >= 15 is 0 Å². The monoisotopic (exact) mass is 340 g/mol. The van der Waals surface area contributed by atoms with Gasteiger partial charge in [-0.1, -0.05) is 42.5 Å². The van der Waals surface area contributed by atoms with E-state index in [2.05, 4.69) is 10.6 Å². The summed E-state index contributed by atoms with van der Waals surface area (Å²) in [5, 5.41) is 5.53. The van der Waals surface area contributed by atoms with E-state index in [1.165, 1.54) is 0 Å². The van der Waals surface area contributed by atoms with Crippen LogP contribution in [0.2, 0.25) is 0 Å². The van der Waals surface area contributed by atoms with Crippen LogP contribution in [0, 0.1) is 13.8 Å². The number of hydrogen-bond acceptors (Lipinski definition) is 3. The zero-order valence-electron chi connectivity index (χ0n) is 14.8. The first-order valence-corrected chi connectivity index (χ1v) is 8.35. The van der Waals surface area contributed by atoms with Crippen LogP contribution in [0.3, 0.4) is 0 Å². The lowest BCUT2D eigenvalue weighted by Gasteiger charge is -2.18. The van der Waals surface area contributed by atoms with E-state index in [1.54, 1.807) is 6.92 Å². The van der Waals surface area contributed by atoms with Gasteiger partial charge < -0.3 is 15.4 Å². The fraction of sp³-hybridized carbons (Fsp3) is 0.300. The Kier molecular flexibility index (Phi) is 6.57. The smallest absolute Gasteiger partial charge is 0.329 e. The lowest BCUT2D eigenvalue weighted by atomic mass is 10.1. The minimum atomic E-state index is -0.743. The van der Waals surface area contributed by atoms with Gasteiger partial charge in [0, 0.05) is 12.1 Å². The van der Waals surface area contributed by atoms with Gasteiger partial charge in [0.2, 0.25) is 0 Å². The fourth-order valence-electron chi connectivity index (χ4n) is 2.47. The Morgan fingerprint density at radius 2 is 1.80 bits per heavy atom. The minimum Gasteiger partial charge on any atom is -0.464 e. The molecule has 0 radical (unpaired) electrons. The number of esters is 1. The van der Waals surface area contributed by atoms with E-state index in [1.807, 2.05) is 62.4 Å². The standard InChI is InChI=1S/C20H24N2O3/c1-4-25-19(23)18(13-16-8-6-5-7-9-16)22-20(24)21-17-12-14(2)10-11-15(17)3/h5-12,18H,4,13H2,1-3H3,(H2,21,22,24). The zero-order chi connectivity index (χ0) is 18.2. The first-order chi connectivity index (χ1) is 12.0. The van der Waals surface area contributed by atoms with Crippen molar-refractivity contribution >= 4 is 17.7 Å². The number of rotatable bonds is 6. The first-order valence-electron chi connectivity index (χ1n) is 8.35. The molecule has 2 amide bonds. The summed E-state index contributed by atoms with van der Waals surface area (Å²) in [5.74, 6) is -0.442. The summed E-state index contributed by atoms with van der Waals surface area (Å²) in [5.41, 5.74) is 3.68. The van der Waals surface area contributed by atoms with Gasteiger partial charge >= 0.3 is 12.0 Å². The van der Waals surface area contributed by atoms with Crippen molar-refractivity contribution in [3.05, 3.63) is 65.2 Å². The summed E-state index contributed by atoms with van der Waals surface area (Å²) in [6.07, 6.45) is 0.375. The molecule has 0 spiro atoms. The van der Waals surface area contributed by atoms with Crippen molar-refractivity contribution in [2.24, 2.45) is 0 Å². The molecule has 0 aliphatic heterocycles. The molecule has 5 heteroatoms. The SMILES string of the molecule is CCOC(=O)C(Cc1ccccc1)NC(=O)Nc1cc(C)ccc1C. The molecule has 0 saturated carbocycles. The van der Waals surface area contributed by atoms with Gasteiger partial charge in [-0.25, -0.2) is 9.59 Å². The second kappa shape index (κ2) is 8.87. The highest BCUT2D eigenvalue weighted by Crippen LogP contribution is 2.16. The molecule has 1 atom stereocenters. The molecule has 0 aliphatic rings. The third-order valence-corrected chi connectivity index (χ3v) is 3.80. The predicted octanol–water partition coefficient (Wildman–Crippen LogP) is 3.60. The van der Waals surface area contributed by atoms with Gasteiger partial charge in [-0.3, -0.25) is 0 Å². The molecule has 0 aliphatic carbocycles. The quantitative estimate of drug-likeness (QED) is 0.790. The molecular weight excluding hydrogens is 316 g/mol. The van der Waals surface area contributed by atoms with Gasteiger partial charge in [0.25, 0.3) is 0 Å². The van der Waals surface area contributed by atoms with Crippen LogP contribution < -0.4 is 10.6 Å². The number of benzene rings is 2. The van der Waals surface area contributed by atoms with Crippen molar-refractivity contribution in [2.45, 2.75) is 33.2 Å². The van der Waals surface area contributed by atoms with Crippen LogP contribution in [0.15, 0.2) is 48.5 Å². The second-order valence-electron chi connectivity index (χ2n) is 5.91.